The first-order chi connectivity index (χ1) is 19.1. The predicted octanol–water partition coefficient (Wildman–Crippen LogP) is 7.07. The number of rotatable bonds is 9. The van der Waals surface area contributed by atoms with E-state index in [4.69, 9.17) is 9.26 Å². The Kier molecular flexibility index (Phi) is 9.46. The Labute approximate surface area is 236 Å². The average Bonchev–Trinajstić information content (AvgIpc) is 3.29. The van der Waals surface area contributed by atoms with Gasteiger partial charge in [0.1, 0.15) is 5.60 Å². The molecule has 0 saturated heterocycles. The molecule has 0 aliphatic heterocycles. The smallest absolute Gasteiger partial charge is 0.418 e. The lowest BCUT2D eigenvalue weighted by Crippen LogP contribution is -2.28. The monoisotopic (exact) mass is 574 g/mol. The van der Waals surface area contributed by atoms with E-state index in [1.807, 2.05) is 6.92 Å². The fourth-order valence-corrected chi connectivity index (χ4v) is 4.00. The lowest BCUT2D eigenvalue weighted by molar-refractivity contribution is -0.137. The van der Waals surface area contributed by atoms with Gasteiger partial charge in [-0.15, -0.1) is 0 Å². The lowest BCUT2D eigenvalue weighted by Gasteiger charge is -2.26. The average molecular weight is 575 g/mol. The van der Waals surface area contributed by atoms with E-state index in [1.165, 1.54) is 24.1 Å². The second-order valence-electron chi connectivity index (χ2n) is 10.5. The first-order valence-corrected chi connectivity index (χ1v) is 12.9. The number of halogens is 3. The highest BCUT2D eigenvalue weighted by Crippen LogP contribution is 2.41. The highest BCUT2D eigenvalue weighted by Gasteiger charge is 2.36. The first-order valence-electron chi connectivity index (χ1n) is 12.9. The molecule has 2 N–H and O–H groups in total. The predicted molar refractivity (Wildman–Crippen MR) is 149 cm³/mol. The molecule has 12 heteroatoms. The van der Waals surface area contributed by atoms with Gasteiger partial charge in [-0.3, -0.25) is 14.9 Å². The van der Waals surface area contributed by atoms with Crippen LogP contribution in [0.5, 0.6) is 0 Å². The number of alkyl halides is 3. The number of hydrogen-bond acceptors (Lipinski definition) is 7. The van der Waals surface area contributed by atoms with Crippen molar-refractivity contribution in [1.82, 2.24) is 5.16 Å². The van der Waals surface area contributed by atoms with Gasteiger partial charge < -0.3 is 19.5 Å². The molecule has 0 unspecified atom stereocenters. The normalized spacial score (nSPS) is 11.6. The van der Waals surface area contributed by atoms with Crippen molar-refractivity contribution in [3.8, 4) is 11.3 Å². The maximum atomic E-state index is 14.1. The van der Waals surface area contributed by atoms with Crippen LogP contribution in [-0.4, -0.2) is 42.1 Å². The molecular formula is C29H33F3N4O5. The summed E-state index contributed by atoms with van der Waals surface area (Å²) in [5.41, 5.74) is -1.12. The van der Waals surface area contributed by atoms with Crippen LogP contribution in [-0.2, 0) is 15.7 Å². The molecule has 1 aromatic heterocycles. The number of benzene rings is 2. The van der Waals surface area contributed by atoms with Crippen molar-refractivity contribution >= 4 is 34.8 Å². The summed E-state index contributed by atoms with van der Waals surface area (Å²) in [4.78, 5) is 39.7. The molecule has 41 heavy (non-hydrogen) atoms. The minimum Gasteiger partial charge on any atom is -0.444 e. The van der Waals surface area contributed by atoms with Crippen LogP contribution in [0.2, 0.25) is 0 Å². The van der Waals surface area contributed by atoms with Gasteiger partial charge in [-0.25, -0.2) is 4.79 Å². The third kappa shape index (κ3) is 8.57. The highest BCUT2D eigenvalue weighted by molar-refractivity contribution is 6.12. The maximum absolute atomic E-state index is 14.1. The van der Waals surface area contributed by atoms with Crippen molar-refractivity contribution in [1.29, 1.82) is 0 Å². The van der Waals surface area contributed by atoms with Gasteiger partial charge in [-0.05, 0) is 52.3 Å². The van der Waals surface area contributed by atoms with Crippen molar-refractivity contribution < 1.29 is 36.8 Å². The second kappa shape index (κ2) is 12.4. The maximum Gasteiger partial charge on any atom is 0.418 e. The zero-order valence-electron chi connectivity index (χ0n) is 23.7. The zero-order chi connectivity index (χ0) is 30.5. The molecule has 1 heterocycles. The molecule has 2 amide bonds. The van der Waals surface area contributed by atoms with Gasteiger partial charge in [-0.1, -0.05) is 30.3 Å². The van der Waals surface area contributed by atoms with E-state index in [1.54, 1.807) is 45.9 Å². The number of carbonyl (C=O) groups is 3. The van der Waals surface area contributed by atoms with Crippen LogP contribution in [0.4, 0.5) is 35.0 Å². The highest BCUT2D eigenvalue weighted by atomic mass is 19.4. The van der Waals surface area contributed by atoms with E-state index in [9.17, 15) is 27.6 Å². The number of ether oxygens (including phenoxy) is 1. The van der Waals surface area contributed by atoms with Crippen molar-refractivity contribution in [2.75, 3.05) is 29.1 Å². The minimum absolute atomic E-state index is 0.117. The molecule has 0 aliphatic carbocycles. The van der Waals surface area contributed by atoms with Crippen molar-refractivity contribution in [3.63, 3.8) is 0 Å². The Balaban J connectivity index is 1.92. The van der Waals surface area contributed by atoms with Crippen LogP contribution in [0.15, 0.2) is 47.0 Å². The Morgan fingerprint density at radius 1 is 1.02 bits per heavy atom. The van der Waals surface area contributed by atoms with E-state index < -0.39 is 41.5 Å². The summed E-state index contributed by atoms with van der Waals surface area (Å²) in [6, 6.07) is 9.92. The summed E-state index contributed by atoms with van der Waals surface area (Å²) in [7, 11) is 1.50. The van der Waals surface area contributed by atoms with E-state index in [0.29, 0.717) is 30.0 Å². The molecule has 0 radical (unpaired) electrons. The number of ketones is 1. The van der Waals surface area contributed by atoms with E-state index in [0.717, 1.165) is 12.1 Å². The largest absolute Gasteiger partial charge is 0.444 e. The van der Waals surface area contributed by atoms with Gasteiger partial charge in [0.2, 0.25) is 5.91 Å². The van der Waals surface area contributed by atoms with Gasteiger partial charge in [0.15, 0.2) is 11.5 Å². The summed E-state index contributed by atoms with van der Waals surface area (Å²) < 4.78 is 52.7. The number of hydrogen-bond donors (Lipinski definition) is 2. The quantitative estimate of drug-likeness (QED) is 0.207. The van der Waals surface area contributed by atoms with E-state index in [-0.39, 0.29) is 22.6 Å². The van der Waals surface area contributed by atoms with Gasteiger partial charge in [0.25, 0.3) is 0 Å². The van der Waals surface area contributed by atoms with Gasteiger partial charge in [0, 0.05) is 30.8 Å². The summed E-state index contributed by atoms with van der Waals surface area (Å²) in [5, 5.41) is 8.61. The van der Waals surface area contributed by atoms with Crippen LogP contribution in [0, 0.1) is 6.92 Å². The number of Topliss-reactive ketones (excluding diaryl/α,β-unsaturated/α-hetero) is 1. The summed E-state index contributed by atoms with van der Waals surface area (Å²) in [6.45, 7) is 8.77. The zero-order valence-corrected chi connectivity index (χ0v) is 23.7. The fraction of sp³-hybridized carbons (Fsp3) is 0.379. The fourth-order valence-electron chi connectivity index (χ4n) is 4.00. The molecular weight excluding hydrogens is 541 g/mol. The second-order valence-corrected chi connectivity index (χ2v) is 10.5. The minimum atomic E-state index is -4.77. The molecule has 3 aromatic rings. The van der Waals surface area contributed by atoms with Crippen LogP contribution in [0.3, 0.4) is 0 Å². The molecule has 0 atom stereocenters. The molecule has 2 aromatic carbocycles. The Hall–Kier alpha value is -4.35. The summed E-state index contributed by atoms with van der Waals surface area (Å²) >= 11 is 0. The van der Waals surface area contributed by atoms with E-state index in [2.05, 4.69) is 15.8 Å². The van der Waals surface area contributed by atoms with Crippen LogP contribution in [0.1, 0.15) is 62.2 Å². The molecule has 220 valence electrons. The standard InChI is InChI=1S/C29H33F3N4O5/c1-7-11-36(6)23-15-22(34-27(39)40-28(3,4)5)21(14-20(23)29(30,31)32)33-26(38)16-24(37)18-9-8-10-19(13-18)25-12-17(2)35-41-25/h8-10,12-15H,7,11,16H2,1-6H3,(H,33,38)(H,34,39). The molecule has 0 saturated carbocycles. The SMILES string of the molecule is CCCN(C)c1cc(NC(=O)OC(C)(C)C)c(NC(=O)CC(=O)c2cccc(-c3cc(C)no3)c2)cc1C(F)(F)F. The lowest BCUT2D eigenvalue weighted by atomic mass is 10.0. The van der Waals surface area contributed by atoms with Crippen LogP contribution < -0.4 is 15.5 Å². The van der Waals surface area contributed by atoms with Gasteiger partial charge in [0.05, 0.1) is 34.7 Å². The number of anilines is 3. The molecule has 9 nitrogen and oxygen atoms in total. The third-order valence-electron chi connectivity index (χ3n) is 5.74. The molecule has 0 aliphatic rings. The molecule has 3 rings (SSSR count). The third-order valence-corrected chi connectivity index (χ3v) is 5.74. The van der Waals surface area contributed by atoms with Crippen LogP contribution in [0.25, 0.3) is 11.3 Å². The summed E-state index contributed by atoms with van der Waals surface area (Å²) in [5.74, 6) is -1.00. The van der Waals surface area contributed by atoms with Gasteiger partial charge >= 0.3 is 12.3 Å². The number of nitrogens with one attached hydrogen (secondary N) is 2. The number of aryl methyl sites for hydroxylation is 1. The Bertz CT molecular complexity index is 1430. The molecule has 0 spiro atoms. The Morgan fingerprint density at radius 2 is 1.71 bits per heavy atom. The molecule has 0 bridgehead atoms. The van der Waals surface area contributed by atoms with Crippen molar-refractivity contribution in [2.24, 2.45) is 0 Å². The van der Waals surface area contributed by atoms with Crippen LogP contribution >= 0.6 is 0 Å². The number of nitrogens with zero attached hydrogens (tertiary/aromatic N) is 2. The van der Waals surface area contributed by atoms with Crippen molar-refractivity contribution in [3.05, 3.63) is 59.3 Å². The number of carbonyl (C=O) groups excluding carboxylic acids is 3. The van der Waals surface area contributed by atoms with E-state index >= 15 is 0 Å². The first kappa shape index (κ1) is 31.2. The molecule has 0 fully saturated rings. The summed E-state index contributed by atoms with van der Waals surface area (Å²) in [6.07, 6.45) is -5.78. The number of aromatic nitrogens is 1. The van der Waals surface area contributed by atoms with Crippen molar-refractivity contribution in [2.45, 2.75) is 59.2 Å². The Morgan fingerprint density at radius 3 is 2.29 bits per heavy atom. The van der Waals surface area contributed by atoms with Gasteiger partial charge in [-0.2, -0.15) is 13.2 Å². The topological polar surface area (TPSA) is 114 Å². The number of amides is 2.